The van der Waals surface area contributed by atoms with Gasteiger partial charge in [-0.2, -0.15) is 0 Å². The fourth-order valence-electron chi connectivity index (χ4n) is 5.10. The van der Waals surface area contributed by atoms with Gasteiger partial charge in [-0.1, -0.05) is 13.3 Å². The molecule has 0 aromatic rings. The van der Waals surface area contributed by atoms with Gasteiger partial charge in [-0.15, -0.1) is 12.4 Å². The molecule has 0 aromatic carbocycles. The van der Waals surface area contributed by atoms with E-state index in [0.29, 0.717) is 0 Å². The highest BCUT2D eigenvalue weighted by molar-refractivity contribution is 5.96. The lowest BCUT2D eigenvalue weighted by molar-refractivity contribution is -0.0104. The second-order valence-electron chi connectivity index (χ2n) is 7.45. The van der Waals surface area contributed by atoms with Crippen LogP contribution in [-0.2, 0) is 0 Å². The average molecular weight is 328 g/mol. The maximum absolute atomic E-state index is 7.49. The van der Waals surface area contributed by atoms with E-state index in [0.717, 1.165) is 43.1 Å². The minimum absolute atomic E-state index is 0. The first-order valence-corrected chi connectivity index (χ1v) is 8.52. The standard InChI is InChI=1S/C16H29N5.ClH/c1-2-3-4-19-15(20-14(17)18)21-16-8-11-5-12(9-16)7-13(6-11)10-16;/h11-13H,2-10H2,1H3,(H5,17,18,19,20,21);1H. The summed E-state index contributed by atoms with van der Waals surface area (Å²) < 4.78 is 0. The van der Waals surface area contributed by atoms with Crippen LogP contribution in [0.1, 0.15) is 58.3 Å². The molecule has 22 heavy (non-hydrogen) atoms. The van der Waals surface area contributed by atoms with Crippen LogP contribution in [0.15, 0.2) is 4.99 Å². The fourth-order valence-corrected chi connectivity index (χ4v) is 5.10. The van der Waals surface area contributed by atoms with Crippen molar-refractivity contribution in [2.45, 2.75) is 63.8 Å². The van der Waals surface area contributed by atoms with Crippen LogP contribution in [0, 0.1) is 23.2 Å². The number of halogens is 1. The van der Waals surface area contributed by atoms with Crippen molar-refractivity contribution in [1.29, 1.82) is 5.41 Å². The predicted octanol–water partition coefficient (Wildman–Crippen LogP) is 2.61. The largest absolute Gasteiger partial charge is 0.370 e. The second-order valence-corrected chi connectivity index (χ2v) is 7.45. The molecule has 4 aliphatic carbocycles. The summed E-state index contributed by atoms with van der Waals surface area (Å²) in [4.78, 5) is 4.60. The Balaban J connectivity index is 0.00000176. The Morgan fingerprint density at radius 3 is 2.18 bits per heavy atom. The van der Waals surface area contributed by atoms with E-state index in [4.69, 9.17) is 11.1 Å². The molecule has 4 saturated carbocycles. The van der Waals surface area contributed by atoms with Gasteiger partial charge in [-0.05, 0) is 62.7 Å². The van der Waals surface area contributed by atoms with Crippen molar-refractivity contribution in [2.75, 3.05) is 6.54 Å². The molecule has 0 amide bonds. The van der Waals surface area contributed by atoms with E-state index in [2.05, 4.69) is 22.5 Å². The van der Waals surface area contributed by atoms with Crippen molar-refractivity contribution in [3.63, 3.8) is 0 Å². The Morgan fingerprint density at radius 1 is 1.18 bits per heavy atom. The Morgan fingerprint density at radius 2 is 1.73 bits per heavy atom. The topological polar surface area (TPSA) is 86.3 Å². The third-order valence-corrected chi connectivity index (χ3v) is 5.46. The van der Waals surface area contributed by atoms with Crippen molar-refractivity contribution in [2.24, 2.45) is 28.5 Å². The van der Waals surface area contributed by atoms with Gasteiger partial charge < -0.3 is 11.1 Å². The van der Waals surface area contributed by atoms with E-state index in [-0.39, 0.29) is 23.9 Å². The number of nitrogens with one attached hydrogen (secondary N) is 3. The van der Waals surface area contributed by atoms with E-state index >= 15 is 0 Å². The summed E-state index contributed by atoms with van der Waals surface area (Å²) in [6.07, 6.45) is 10.3. The molecule has 0 aliphatic heterocycles. The van der Waals surface area contributed by atoms with Crippen LogP contribution in [0.2, 0.25) is 0 Å². The molecular weight excluding hydrogens is 298 g/mol. The summed E-state index contributed by atoms with van der Waals surface area (Å²) in [6.45, 7) is 2.96. The highest BCUT2D eigenvalue weighted by atomic mass is 35.5. The lowest BCUT2D eigenvalue weighted by atomic mass is 9.53. The number of nitrogens with two attached hydrogens (primary N) is 1. The minimum atomic E-state index is -0.0255. The second kappa shape index (κ2) is 7.07. The summed E-state index contributed by atoms with van der Waals surface area (Å²) >= 11 is 0. The first kappa shape index (κ1) is 17.4. The van der Waals surface area contributed by atoms with Crippen molar-refractivity contribution in [1.82, 2.24) is 10.6 Å². The molecule has 0 spiro atoms. The molecule has 6 heteroatoms. The van der Waals surface area contributed by atoms with Gasteiger partial charge in [-0.25, -0.2) is 0 Å². The van der Waals surface area contributed by atoms with Gasteiger partial charge in [0.1, 0.15) is 0 Å². The van der Waals surface area contributed by atoms with Gasteiger partial charge in [-0.3, -0.25) is 15.7 Å². The normalized spacial score (nSPS) is 35.9. The van der Waals surface area contributed by atoms with E-state index in [1.54, 1.807) is 0 Å². The monoisotopic (exact) mass is 327 g/mol. The van der Waals surface area contributed by atoms with Gasteiger partial charge in [0, 0.05) is 12.1 Å². The van der Waals surface area contributed by atoms with Crippen molar-refractivity contribution < 1.29 is 0 Å². The summed E-state index contributed by atoms with van der Waals surface area (Å²) in [5, 5.41) is 14.1. The number of nitrogens with zero attached hydrogens (tertiary/aromatic N) is 1. The van der Waals surface area contributed by atoms with Gasteiger partial charge in [0.2, 0.25) is 0 Å². The van der Waals surface area contributed by atoms with E-state index in [1.807, 2.05) is 0 Å². The molecule has 0 radical (unpaired) electrons. The maximum atomic E-state index is 7.49. The molecule has 0 unspecified atom stereocenters. The summed E-state index contributed by atoms with van der Waals surface area (Å²) in [6, 6.07) is 0. The number of hydrogen-bond donors (Lipinski definition) is 4. The van der Waals surface area contributed by atoms with Crippen LogP contribution in [0.4, 0.5) is 0 Å². The van der Waals surface area contributed by atoms with Crippen LogP contribution < -0.4 is 16.4 Å². The summed E-state index contributed by atoms with van der Waals surface area (Å²) in [5.41, 5.74) is 5.73. The highest BCUT2D eigenvalue weighted by Crippen LogP contribution is 2.55. The molecule has 5 nitrogen and oxygen atoms in total. The van der Waals surface area contributed by atoms with Crippen molar-refractivity contribution >= 4 is 24.3 Å². The average Bonchev–Trinajstić information content (AvgIpc) is 2.35. The number of hydrogen-bond acceptors (Lipinski definition) is 2. The summed E-state index contributed by atoms with van der Waals surface area (Å²) in [5.74, 6) is 3.40. The first-order valence-electron chi connectivity index (χ1n) is 8.52. The van der Waals surface area contributed by atoms with Gasteiger partial charge >= 0.3 is 0 Å². The molecular formula is C16H30ClN5. The number of guanidine groups is 2. The fraction of sp³-hybridized carbons (Fsp3) is 0.875. The third kappa shape index (κ3) is 3.86. The molecule has 126 valence electrons. The minimum Gasteiger partial charge on any atom is -0.370 e. The van der Waals surface area contributed by atoms with Crippen LogP contribution in [-0.4, -0.2) is 24.0 Å². The molecule has 0 heterocycles. The zero-order valence-corrected chi connectivity index (χ0v) is 14.3. The Bertz CT molecular complexity index is 399. The van der Waals surface area contributed by atoms with Crippen molar-refractivity contribution in [3.8, 4) is 0 Å². The predicted molar refractivity (Wildman–Crippen MR) is 93.5 cm³/mol. The molecule has 4 fully saturated rings. The Kier molecular flexibility index (Phi) is 5.59. The molecule has 4 aliphatic rings. The molecule has 4 bridgehead atoms. The lowest BCUT2D eigenvalue weighted by Gasteiger charge is -2.57. The third-order valence-electron chi connectivity index (χ3n) is 5.46. The lowest BCUT2D eigenvalue weighted by Crippen LogP contribution is -2.62. The summed E-state index contributed by atoms with van der Waals surface area (Å²) in [7, 11) is 0. The first-order chi connectivity index (χ1) is 10.1. The number of unbranched alkanes of at least 4 members (excludes halogenated alkanes) is 1. The molecule has 0 aromatic heterocycles. The zero-order valence-electron chi connectivity index (χ0n) is 13.5. The molecule has 4 rings (SSSR count). The van der Waals surface area contributed by atoms with Gasteiger partial charge in [0.05, 0.1) is 0 Å². The number of aliphatic imine (C=N–C) groups is 1. The maximum Gasteiger partial charge on any atom is 0.198 e. The van der Waals surface area contributed by atoms with E-state index in [9.17, 15) is 0 Å². The Labute approximate surface area is 139 Å². The molecule has 0 atom stereocenters. The Hall–Kier alpha value is -0.970. The smallest absolute Gasteiger partial charge is 0.198 e. The number of rotatable bonds is 4. The highest BCUT2D eigenvalue weighted by Gasteiger charge is 2.51. The zero-order chi connectivity index (χ0) is 14.9. The van der Waals surface area contributed by atoms with E-state index in [1.165, 1.54) is 38.5 Å². The van der Waals surface area contributed by atoms with E-state index < -0.39 is 0 Å². The van der Waals surface area contributed by atoms with Crippen molar-refractivity contribution in [3.05, 3.63) is 0 Å². The quantitative estimate of drug-likeness (QED) is 0.364. The van der Waals surface area contributed by atoms with Gasteiger partial charge in [0.25, 0.3) is 0 Å². The molecule has 0 saturated heterocycles. The van der Waals surface area contributed by atoms with Crippen LogP contribution in [0.5, 0.6) is 0 Å². The van der Waals surface area contributed by atoms with Crippen LogP contribution >= 0.6 is 12.4 Å². The van der Waals surface area contributed by atoms with Crippen LogP contribution in [0.25, 0.3) is 0 Å². The SMILES string of the molecule is CCCCN=C(NC(=N)N)NC12CC3CC(CC(C3)C1)C2.Cl. The van der Waals surface area contributed by atoms with Crippen LogP contribution in [0.3, 0.4) is 0 Å². The van der Waals surface area contributed by atoms with Gasteiger partial charge in [0.15, 0.2) is 11.9 Å². The molecule has 5 N–H and O–H groups in total.